The minimum Gasteiger partial charge on any atom is -0.203 e. The molecule has 1 rings (SSSR count). The van der Waals surface area contributed by atoms with Crippen molar-refractivity contribution in [2.45, 2.75) is 4.83 Å². The number of halogens is 6. The van der Waals surface area contributed by atoms with E-state index in [1.54, 1.807) is 0 Å². The third-order valence-electron chi connectivity index (χ3n) is 1.34. The van der Waals surface area contributed by atoms with Crippen molar-refractivity contribution in [1.82, 2.24) is 0 Å². The average Bonchev–Trinajstić information content (AvgIpc) is 1.98. The molecule has 1 aromatic rings. The van der Waals surface area contributed by atoms with Gasteiger partial charge in [-0.05, 0) is 44.0 Å². The standard InChI is InChI=1S/C7H2Br2F4/c8-4-2-1-3(7(9,12)13)5(10)6(4)11/h1-2H. The zero-order valence-electron chi connectivity index (χ0n) is 5.92. The van der Waals surface area contributed by atoms with Crippen LogP contribution in [0.1, 0.15) is 5.56 Å². The van der Waals surface area contributed by atoms with Crippen molar-refractivity contribution in [2.75, 3.05) is 0 Å². The first-order valence-corrected chi connectivity index (χ1v) is 4.63. The first-order valence-electron chi connectivity index (χ1n) is 3.04. The summed E-state index contributed by atoms with van der Waals surface area (Å²) >= 11 is 4.61. The van der Waals surface area contributed by atoms with Crippen LogP contribution < -0.4 is 0 Å². The van der Waals surface area contributed by atoms with E-state index in [1.165, 1.54) is 0 Å². The van der Waals surface area contributed by atoms with Gasteiger partial charge in [0.1, 0.15) is 0 Å². The third-order valence-corrected chi connectivity index (χ3v) is 2.38. The highest BCUT2D eigenvalue weighted by molar-refractivity contribution is 9.10. The summed E-state index contributed by atoms with van der Waals surface area (Å²) in [6, 6.07) is 1.82. The lowest BCUT2D eigenvalue weighted by molar-refractivity contribution is 0.109. The second kappa shape index (κ2) is 3.57. The average molecular weight is 322 g/mol. The van der Waals surface area contributed by atoms with Gasteiger partial charge in [0.2, 0.25) is 0 Å². The molecule has 0 aromatic heterocycles. The molecule has 0 aliphatic rings. The van der Waals surface area contributed by atoms with E-state index in [0.717, 1.165) is 12.1 Å². The van der Waals surface area contributed by atoms with Crippen molar-refractivity contribution in [3.8, 4) is 0 Å². The highest BCUT2D eigenvalue weighted by atomic mass is 79.9. The molecule has 0 saturated carbocycles. The van der Waals surface area contributed by atoms with Crippen LogP contribution in [0.15, 0.2) is 16.6 Å². The normalized spacial score (nSPS) is 11.8. The molecule has 0 amide bonds. The van der Waals surface area contributed by atoms with Crippen molar-refractivity contribution in [2.24, 2.45) is 0 Å². The summed E-state index contributed by atoms with van der Waals surface area (Å²) < 4.78 is 50.4. The Hall–Kier alpha value is -0.100. The molecule has 72 valence electrons. The Morgan fingerprint density at radius 3 is 2.08 bits per heavy atom. The molecule has 0 spiro atoms. The van der Waals surface area contributed by atoms with Crippen molar-refractivity contribution < 1.29 is 17.6 Å². The van der Waals surface area contributed by atoms with Crippen LogP contribution in [0, 0.1) is 11.6 Å². The third kappa shape index (κ3) is 2.22. The zero-order valence-corrected chi connectivity index (χ0v) is 9.09. The van der Waals surface area contributed by atoms with E-state index in [4.69, 9.17) is 0 Å². The maximum absolute atomic E-state index is 12.8. The molecule has 0 nitrogen and oxygen atoms in total. The summed E-state index contributed by atoms with van der Waals surface area (Å²) in [5, 5.41) is 0. The van der Waals surface area contributed by atoms with Gasteiger partial charge in [-0.25, -0.2) is 8.78 Å². The molecule has 6 heteroatoms. The lowest BCUT2D eigenvalue weighted by Crippen LogP contribution is -2.07. The number of benzene rings is 1. The van der Waals surface area contributed by atoms with Crippen molar-refractivity contribution in [3.05, 3.63) is 33.8 Å². The molecule has 0 unspecified atom stereocenters. The highest BCUT2D eigenvalue weighted by Crippen LogP contribution is 2.37. The molecule has 0 heterocycles. The van der Waals surface area contributed by atoms with E-state index in [2.05, 4.69) is 15.9 Å². The monoisotopic (exact) mass is 320 g/mol. The lowest BCUT2D eigenvalue weighted by Gasteiger charge is -2.10. The van der Waals surface area contributed by atoms with Crippen LogP contribution in [0.4, 0.5) is 17.6 Å². The zero-order chi connectivity index (χ0) is 10.2. The molecule has 0 N–H and O–H groups in total. The van der Waals surface area contributed by atoms with Crippen molar-refractivity contribution in [1.29, 1.82) is 0 Å². The number of alkyl halides is 3. The van der Waals surface area contributed by atoms with Gasteiger partial charge in [-0.3, -0.25) is 0 Å². The second-order valence-corrected chi connectivity index (χ2v) is 4.07. The Kier molecular flexibility index (Phi) is 3.01. The van der Waals surface area contributed by atoms with Crippen molar-refractivity contribution in [3.63, 3.8) is 0 Å². The van der Waals surface area contributed by atoms with Crippen molar-refractivity contribution >= 4 is 31.9 Å². The molecule has 1 aromatic carbocycles. The molecular weight excluding hydrogens is 320 g/mol. The van der Waals surface area contributed by atoms with Gasteiger partial charge in [-0.15, -0.1) is 0 Å². The molecule has 0 saturated heterocycles. The topological polar surface area (TPSA) is 0 Å². The van der Waals surface area contributed by atoms with E-state index in [9.17, 15) is 17.6 Å². The van der Waals surface area contributed by atoms with Crippen LogP contribution in [0.5, 0.6) is 0 Å². The van der Waals surface area contributed by atoms with Crippen LogP contribution in [0.25, 0.3) is 0 Å². The lowest BCUT2D eigenvalue weighted by atomic mass is 10.2. The highest BCUT2D eigenvalue weighted by Gasteiger charge is 2.32. The summed E-state index contributed by atoms with van der Waals surface area (Å²) in [4.78, 5) is -3.56. The van der Waals surface area contributed by atoms with Gasteiger partial charge < -0.3 is 0 Å². The Labute approximate surface area is 88.2 Å². The van der Waals surface area contributed by atoms with Gasteiger partial charge >= 0.3 is 4.83 Å². The first kappa shape index (κ1) is 11.0. The van der Waals surface area contributed by atoms with Crippen LogP contribution in [0.2, 0.25) is 0 Å². The molecule has 0 aliphatic carbocycles. The van der Waals surface area contributed by atoms with E-state index in [0.29, 0.717) is 0 Å². The summed E-state index contributed by atoms with van der Waals surface area (Å²) in [5.74, 6) is -2.88. The molecule has 0 atom stereocenters. The van der Waals surface area contributed by atoms with Crippen LogP contribution in [-0.4, -0.2) is 0 Å². The number of hydrogen-bond acceptors (Lipinski definition) is 0. The van der Waals surface area contributed by atoms with E-state index in [-0.39, 0.29) is 4.47 Å². The summed E-state index contributed by atoms with van der Waals surface area (Å²) in [7, 11) is 0. The minimum absolute atomic E-state index is 0.189. The Morgan fingerprint density at radius 2 is 1.62 bits per heavy atom. The maximum atomic E-state index is 12.8. The van der Waals surface area contributed by atoms with Crippen LogP contribution in [0.3, 0.4) is 0 Å². The van der Waals surface area contributed by atoms with E-state index >= 15 is 0 Å². The minimum atomic E-state index is -3.56. The Morgan fingerprint density at radius 1 is 1.08 bits per heavy atom. The first-order chi connectivity index (χ1) is 5.84. The summed E-state index contributed by atoms with van der Waals surface area (Å²) in [5.41, 5.74) is -1.02. The Bertz CT molecular complexity index is 332. The maximum Gasteiger partial charge on any atom is 0.329 e. The van der Waals surface area contributed by atoms with Gasteiger partial charge in [-0.1, -0.05) is 0 Å². The number of rotatable bonds is 1. The quantitative estimate of drug-likeness (QED) is 0.414. The molecule has 0 fully saturated rings. The predicted molar refractivity (Wildman–Crippen MR) is 46.9 cm³/mol. The second-order valence-electron chi connectivity index (χ2n) is 2.22. The largest absolute Gasteiger partial charge is 0.329 e. The molecule has 0 aliphatic heterocycles. The fourth-order valence-electron chi connectivity index (χ4n) is 0.745. The van der Waals surface area contributed by atoms with Crippen LogP contribution in [-0.2, 0) is 4.83 Å². The molecular formula is C7H2Br2F4. The van der Waals surface area contributed by atoms with Crippen LogP contribution >= 0.6 is 31.9 Å². The van der Waals surface area contributed by atoms with Gasteiger partial charge in [-0.2, -0.15) is 8.78 Å². The van der Waals surface area contributed by atoms with E-state index < -0.39 is 22.0 Å². The molecule has 0 radical (unpaired) electrons. The van der Waals surface area contributed by atoms with Gasteiger partial charge in [0.15, 0.2) is 11.6 Å². The van der Waals surface area contributed by atoms with E-state index in [1.807, 2.05) is 15.9 Å². The molecule has 0 bridgehead atoms. The summed E-state index contributed by atoms with van der Waals surface area (Å²) in [6.45, 7) is 0. The fraction of sp³-hybridized carbons (Fsp3) is 0.143. The molecule has 13 heavy (non-hydrogen) atoms. The Balaban J connectivity index is 3.35. The fourth-order valence-corrected chi connectivity index (χ4v) is 1.36. The van der Waals surface area contributed by atoms with Gasteiger partial charge in [0.05, 0.1) is 10.0 Å². The van der Waals surface area contributed by atoms with Gasteiger partial charge in [0, 0.05) is 0 Å². The summed E-state index contributed by atoms with van der Waals surface area (Å²) in [6.07, 6.45) is 0. The SMILES string of the molecule is Fc1c(Br)ccc(C(F)(F)Br)c1F. The number of hydrogen-bond donors (Lipinski definition) is 0. The van der Waals surface area contributed by atoms with Gasteiger partial charge in [0.25, 0.3) is 0 Å². The smallest absolute Gasteiger partial charge is 0.203 e. The predicted octanol–water partition coefficient (Wildman–Crippen LogP) is 4.17.